The molecule has 0 amide bonds. The first kappa shape index (κ1) is 24.9. The molecule has 3 atom stereocenters. The van der Waals surface area contributed by atoms with Gasteiger partial charge in [0.2, 0.25) is 0 Å². The summed E-state index contributed by atoms with van der Waals surface area (Å²) in [5.74, 6) is 0. The van der Waals surface area contributed by atoms with Gasteiger partial charge in [0.05, 0.1) is 29.4 Å². The number of benzene rings is 2. The van der Waals surface area contributed by atoms with E-state index in [0.717, 1.165) is 37.0 Å². The third-order valence-corrected chi connectivity index (χ3v) is 6.70. The molecular formula is C23H24ClF6NO. The highest BCUT2D eigenvalue weighted by atomic mass is 35.5. The monoisotopic (exact) mass is 479 g/mol. The number of alkyl halides is 6. The second kappa shape index (κ2) is 8.88. The van der Waals surface area contributed by atoms with E-state index in [1.807, 2.05) is 37.4 Å². The minimum absolute atomic E-state index is 0. The molecule has 9 heteroatoms. The zero-order chi connectivity index (χ0) is 22.4. The second-order valence-electron chi connectivity index (χ2n) is 8.38. The number of likely N-dealkylation sites (N-methyl/N-ethyl adjacent to an activating group) is 1. The molecule has 2 aliphatic heterocycles. The summed E-state index contributed by atoms with van der Waals surface area (Å²) in [6, 6.07) is 11.8. The Labute approximate surface area is 189 Å². The fourth-order valence-corrected chi connectivity index (χ4v) is 5.17. The third kappa shape index (κ3) is 4.50. The number of ether oxygens (including phenoxy) is 1. The van der Waals surface area contributed by atoms with Gasteiger partial charge in [0.1, 0.15) is 0 Å². The SMILES string of the molecule is CN1C2CCC(OCc3cc(C(F)(F)F)cc(C(F)(F)F)c3)C1(c1ccccc1)CC2.Cl. The van der Waals surface area contributed by atoms with Crippen molar-refractivity contribution in [3.05, 3.63) is 70.8 Å². The van der Waals surface area contributed by atoms with Crippen LogP contribution in [0.25, 0.3) is 0 Å². The van der Waals surface area contributed by atoms with E-state index in [1.165, 1.54) is 0 Å². The van der Waals surface area contributed by atoms with Crippen molar-refractivity contribution in [2.75, 3.05) is 7.05 Å². The van der Waals surface area contributed by atoms with Crippen molar-refractivity contribution in [1.82, 2.24) is 4.90 Å². The minimum atomic E-state index is -4.87. The summed E-state index contributed by atoms with van der Waals surface area (Å²) in [7, 11) is 2.02. The van der Waals surface area contributed by atoms with Gasteiger partial charge >= 0.3 is 12.4 Å². The molecule has 2 saturated heterocycles. The third-order valence-electron chi connectivity index (χ3n) is 6.70. The smallest absolute Gasteiger partial charge is 0.371 e. The van der Waals surface area contributed by atoms with Crippen molar-refractivity contribution in [2.45, 2.75) is 62.3 Å². The molecule has 2 fully saturated rings. The van der Waals surface area contributed by atoms with Gasteiger partial charge in [-0.05, 0) is 62.1 Å². The van der Waals surface area contributed by atoms with Crippen LogP contribution < -0.4 is 0 Å². The van der Waals surface area contributed by atoms with Gasteiger partial charge in [-0.3, -0.25) is 4.90 Å². The Morgan fingerprint density at radius 1 is 0.906 bits per heavy atom. The molecule has 0 spiro atoms. The summed E-state index contributed by atoms with van der Waals surface area (Å²) in [6.45, 7) is -0.315. The second-order valence-corrected chi connectivity index (χ2v) is 8.38. The van der Waals surface area contributed by atoms with Gasteiger partial charge in [-0.25, -0.2) is 0 Å². The number of piperidine rings is 1. The van der Waals surface area contributed by atoms with Crippen LogP contribution >= 0.6 is 12.4 Å². The van der Waals surface area contributed by atoms with Gasteiger partial charge in [0, 0.05) is 6.04 Å². The maximum Gasteiger partial charge on any atom is 0.416 e. The summed E-state index contributed by atoms with van der Waals surface area (Å²) in [6.07, 6.45) is -6.67. The minimum Gasteiger partial charge on any atom is -0.371 e. The standard InChI is InChI=1S/C23H23F6NO.ClH/c1-30-19-7-8-20(21(30,10-9-19)16-5-3-2-4-6-16)31-14-15-11-17(22(24,25)26)13-18(12-15)23(27,28)29;/h2-6,11-13,19-20H,7-10,14H2,1H3;1H. The molecule has 0 aliphatic carbocycles. The number of fused-ring (bicyclic) bond motifs is 2. The highest BCUT2D eigenvalue weighted by Gasteiger charge is 2.54. The van der Waals surface area contributed by atoms with E-state index < -0.39 is 29.0 Å². The fourth-order valence-electron chi connectivity index (χ4n) is 5.17. The molecule has 0 N–H and O–H groups in total. The van der Waals surface area contributed by atoms with Crippen molar-refractivity contribution >= 4 is 12.4 Å². The number of hydrogen-bond acceptors (Lipinski definition) is 2. The predicted molar refractivity (Wildman–Crippen MR) is 110 cm³/mol. The van der Waals surface area contributed by atoms with Gasteiger partial charge in [0.15, 0.2) is 0 Å². The van der Waals surface area contributed by atoms with Crippen LogP contribution in [0.15, 0.2) is 48.5 Å². The molecule has 3 unspecified atom stereocenters. The van der Waals surface area contributed by atoms with Crippen molar-refractivity contribution in [3.63, 3.8) is 0 Å². The lowest BCUT2D eigenvalue weighted by atomic mass is 9.79. The van der Waals surface area contributed by atoms with Crippen LogP contribution in [0.4, 0.5) is 26.3 Å². The lowest BCUT2D eigenvalue weighted by Gasteiger charge is -2.48. The first-order chi connectivity index (χ1) is 14.5. The van der Waals surface area contributed by atoms with E-state index in [1.54, 1.807) is 0 Å². The zero-order valence-corrected chi connectivity index (χ0v) is 18.2. The van der Waals surface area contributed by atoms with Crippen molar-refractivity contribution in [3.8, 4) is 0 Å². The fraction of sp³-hybridized carbons (Fsp3) is 0.478. The molecule has 2 bridgehead atoms. The van der Waals surface area contributed by atoms with Crippen LogP contribution in [0.1, 0.15) is 47.9 Å². The quantitative estimate of drug-likeness (QED) is 0.446. The Hall–Kier alpha value is -1.77. The average Bonchev–Trinajstić information content (AvgIpc) is 2.92. The van der Waals surface area contributed by atoms with E-state index in [2.05, 4.69) is 4.90 Å². The molecule has 2 heterocycles. The molecule has 0 saturated carbocycles. The highest BCUT2D eigenvalue weighted by Crippen LogP contribution is 2.51. The van der Waals surface area contributed by atoms with E-state index in [0.29, 0.717) is 12.5 Å². The van der Waals surface area contributed by atoms with Crippen LogP contribution in [-0.4, -0.2) is 24.1 Å². The Bertz CT molecular complexity index is 900. The van der Waals surface area contributed by atoms with Crippen LogP contribution in [0.3, 0.4) is 0 Å². The summed E-state index contributed by atoms with van der Waals surface area (Å²) in [5.41, 5.74) is -2.14. The Morgan fingerprint density at radius 2 is 1.50 bits per heavy atom. The Morgan fingerprint density at radius 3 is 2.06 bits per heavy atom. The molecule has 2 aromatic carbocycles. The normalized spacial score (nSPS) is 26.1. The maximum atomic E-state index is 13.2. The molecule has 32 heavy (non-hydrogen) atoms. The van der Waals surface area contributed by atoms with Crippen molar-refractivity contribution in [2.24, 2.45) is 0 Å². The molecular weight excluding hydrogens is 456 g/mol. The van der Waals surface area contributed by atoms with E-state index in [4.69, 9.17) is 4.74 Å². The topological polar surface area (TPSA) is 12.5 Å². The molecule has 0 aromatic heterocycles. The molecule has 2 nitrogen and oxygen atoms in total. The van der Waals surface area contributed by atoms with Gasteiger partial charge in [-0.1, -0.05) is 30.3 Å². The summed E-state index contributed by atoms with van der Waals surface area (Å²) in [4.78, 5) is 2.27. The number of hydrogen-bond donors (Lipinski definition) is 0. The van der Waals surface area contributed by atoms with Crippen LogP contribution in [-0.2, 0) is 29.2 Å². The Balaban J connectivity index is 0.00000289. The summed E-state index contributed by atoms with van der Waals surface area (Å²) >= 11 is 0. The van der Waals surface area contributed by atoms with Gasteiger partial charge in [-0.15, -0.1) is 12.4 Å². The van der Waals surface area contributed by atoms with Crippen LogP contribution in [0.2, 0.25) is 0 Å². The van der Waals surface area contributed by atoms with Gasteiger partial charge in [-0.2, -0.15) is 26.3 Å². The van der Waals surface area contributed by atoms with Gasteiger partial charge in [0.25, 0.3) is 0 Å². The van der Waals surface area contributed by atoms with Gasteiger partial charge < -0.3 is 4.74 Å². The van der Waals surface area contributed by atoms with Crippen LogP contribution in [0, 0.1) is 0 Å². The van der Waals surface area contributed by atoms with E-state index in [-0.39, 0.29) is 36.7 Å². The molecule has 2 aromatic rings. The zero-order valence-electron chi connectivity index (χ0n) is 17.3. The lowest BCUT2D eigenvalue weighted by molar-refractivity contribution is -0.143. The summed E-state index contributed by atoms with van der Waals surface area (Å²) in [5, 5.41) is 0. The highest BCUT2D eigenvalue weighted by molar-refractivity contribution is 5.85. The number of halogens is 7. The van der Waals surface area contributed by atoms with Crippen molar-refractivity contribution in [1.29, 1.82) is 0 Å². The molecule has 176 valence electrons. The predicted octanol–water partition coefficient (Wildman–Crippen LogP) is 6.81. The first-order valence-electron chi connectivity index (χ1n) is 10.2. The molecule has 0 radical (unpaired) electrons. The maximum absolute atomic E-state index is 13.2. The van der Waals surface area contributed by atoms with E-state index >= 15 is 0 Å². The molecule has 2 aliphatic rings. The van der Waals surface area contributed by atoms with E-state index in [9.17, 15) is 26.3 Å². The summed E-state index contributed by atoms with van der Waals surface area (Å²) < 4.78 is 85.1. The number of rotatable bonds is 4. The first-order valence-corrected chi connectivity index (χ1v) is 10.2. The number of nitrogens with zero attached hydrogens (tertiary/aromatic N) is 1. The average molecular weight is 480 g/mol. The largest absolute Gasteiger partial charge is 0.416 e. The van der Waals surface area contributed by atoms with Crippen LogP contribution in [0.5, 0.6) is 0 Å². The molecule has 4 rings (SSSR count). The lowest BCUT2D eigenvalue weighted by Crippen LogP contribution is -2.55. The van der Waals surface area contributed by atoms with Crippen molar-refractivity contribution < 1.29 is 31.1 Å². The Kier molecular flexibility index (Phi) is 6.90.